The molecule has 2 aliphatic rings. The first-order valence-electron chi connectivity index (χ1n) is 3.99. The second-order valence-corrected chi connectivity index (χ2v) is 3.18. The molecule has 1 atom stereocenters. The first-order chi connectivity index (χ1) is 4.45. The number of hydrogen-bond acceptors (Lipinski definition) is 0. The zero-order chi connectivity index (χ0) is 6.10. The summed E-state index contributed by atoms with van der Waals surface area (Å²) in [5, 5.41) is 0. The van der Waals surface area contributed by atoms with E-state index in [2.05, 4.69) is 13.4 Å². The van der Waals surface area contributed by atoms with Gasteiger partial charge in [0, 0.05) is 0 Å². The summed E-state index contributed by atoms with van der Waals surface area (Å²) in [6.45, 7) is 0. The molecule has 1 fully saturated rings. The van der Waals surface area contributed by atoms with Crippen LogP contribution in [0.15, 0.2) is 11.5 Å². The predicted octanol–water partition coefficient (Wildman–Crippen LogP) is 2.34. The molecule has 1 saturated heterocycles. The lowest BCUT2D eigenvalue weighted by Gasteiger charge is -2.26. The van der Waals surface area contributed by atoms with Gasteiger partial charge >= 0.3 is 0 Å². The Bertz CT molecular complexity index is 138. The van der Waals surface area contributed by atoms with Crippen molar-refractivity contribution in [2.75, 3.05) is 0 Å². The molecule has 0 aromatic heterocycles. The second kappa shape index (κ2) is 2.20. The van der Waals surface area contributed by atoms with Gasteiger partial charge in [0.1, 0.15) is 7.28 Å². The topological polar surface area (TPSA) is 0 Å². The summed E-state index contributed by atoms with van der Waals surface area (Å²) in [4.78, 5) is 0. The molecule has 1 unspecified atom stereocenters. The molecule has 0 nitrogen and oxygen atoms in total. The zero-order valence-electron chi connectivity index (χ0n) is 5.77. The van der Waals surface area contributed by atoms with E-state index in [0.29, 0.717) is 0 Å². The van der Waals surface area contributed by atoms with Crippen LogP contribution in [-0.2, 0) is 0 Å². The Balaban J connectivity index is 2.13. The first-order valence-corrected chi connectivity index (χ1v) is 3.99. The molecule has 0 aromatic carbocycles. The van der Waals surface area contributed by atoms with Crippen molar-refractivity contribution in [1.82, 2.24) is 0 Å². The third-order valence-electron chi connectivity index (χ3n) is 2.43. The molecule has 0 aliphatic carbocycles. The van der Waals surface area contributed by atoms with E-state index in [1.165, 1.54) is 32.1 Å². The highest BCUT2D eigenvalue weighted by Gasteiger charge is 2.20. The van der Waals surface area contributed by atoms with Crippen LogP contribution in [0.5, 0.6) is 0 Å². The maximum Gasteiger partial charge on any atom is 0.148 e. The largest absolute Gasteiger partial charge is 0.148 e. The van der Waals surface area contributed by atoms with Crippen LogP contribution in [0.25, 0.3) is 0 Å². The van der Waals surface area contributed by atoms with Gasteiger partial charge < -0.3 is 0 Å². The minimum absolute atomic E-state index is 0.957. The van der Waals surface area contributed by atoms with Crippen LogP contribution < -0.4 is 0 Å². The van der Waals surface area contributed by atoms with Gasteiger partial charge in [0.2, 0.25) is 0 Å². The lowest BCUT2D eigenvalue weighted by atomic mass is 9.49. The number of rotatable bonds is 0. The van der Waals surface area contributed by atoms with Crippen LogP contribution in [0.3, 0.4) is 0 Å². The van der Waals surface area contributed by atoms with E-state index in [-0.39, 0.29) is 0 Å². The van der Waals surface area contributed by atoms with Crippen molar-refractivity contribution < 1.29 is 0 Å². The molecule has 1 radical (unpaired) electrons. The zero-order valence-corrected chi connectivity index (χ0v) is 5.77. The summed E-state index contributed by atoms with van der Waals surface area (Å²) in [7, 11) is 2.48. The molecule has 2 heterocycles. The average Bonchev–Trinajstić information content (AvgIpc) is 1.88. The lowest BCUT2D eigenvalue weighted by molar-refractivity contribution is 0.602. The second-order valence-electron chi connectivity index (χ2n) is 3.18. The fraction of sp³-hybridized carbons (Fsp3) is 0.750. The van der Waals surface area contributed by atoms with Crippen molar-refractivity contribution in [3.63, 3.8) is 0 Å². The van der Waals surface area contributed by atoms with Crippen LogP contribution in [0.1, 0.15) is 32.1 Å². The molecule has 0 aromatic rings. The van der Waals surface area contributed by atoms with Gasteiger partial charge in [-0.1, -0.05) is 31.2 Å². The van der Waals surface area contributed by atoms with Crippen molar-refractivity contribution in [2.45, 2.75) is 37.9 Å². The van der Waals surface area contributed by atoms with Crippen molar-refractivity contribution in [3.8, 4) is 0 Å². The summed E-state index contributed by atoms with van der Waals surface area (Å²) in [6.07, 6.45) is 9.43. The third kappa shape index (κ3) is 1.05. The van der Waals surface area contributed by atoms with Crippen molar-refractivity contribution >= 4 is 7.28 Å². The van der Waals surface area contributed by atoms with Gasteiger partial charge in [-0.15, -0.1) is 5.47 Å². The first kappa shape index (κ1) is 5.58. The van der Waals surface area contributed by atoms with Crippen LogP contribution >= 0.6 is 0 Å². The number of allylic oxidation sites excluding steroid dienone is 2. The summed E-state index contributed by atoms with van der Waals surface area (Å²) >= 11 is 0. The quantitative estimate of drug-likeness (QED) is 0.429. The van der Waals surface area contributed by atoms with Crippen LogP contribution in [0.2, 0.25) is 5.82 Å². The van der Waals surface area contributed by atoms with Gasteiger partial charge in [-0.05, 0) is 12.8 Å². The van der Waals surface area contributed by atoms with E-state index in [4.69, 9.17) is 0 Å². The highest BCUT2D eigenvalue weighted by molar-refractivity contribution is 6.47. The van der Waals surface area contributed by atoms with E-state index >= 15 is 0 Å². The van der Waals surface area contributed by atoms with Gasteiger partial charge in [-0.3, -0.25) is 0 Å². The Hall–Kier alpha value is -0.195. The summed E-state index contributed by atoms with van der Waals surface area (Å²) < 4.78 is 0. The molecule has 0 amide bonds. The number of hydrogen-bond donors (Lipinski definition) is 0. The molecular weight excluding hydrogens is 107 g/mol. The summed E-state index contributed by atoms with van der Waals surface area (Å²) in [6, 6.07) is 0. The summed E-state index contributed by atoms with van der Waals surface area (Å²) in [5.74, 6) is 0.957. The fourth-order valence-electron chi connectivity index (χ4n) is 1.92. The van der Waals surface area contributed by atoms with E-state index in [9.17, 15) is 0 Å². The van der Waals surface area contributed by atoms with E-state index in [0.717, 1.165) is 5.82 Å². The molecule has 0 N–H and O–H groups in total. The molecule has 2 aliphatic heterocycles. The molecule has 2 rings (SSSR count). The Morgan fingerprint density at radius 3 is 3.22 bits per heavy atom. The van der Waals surface area contributed by atoms with E-state index < -0.39 is 0 Å². The molecule has 0 saturated carbocycles. The third-order valence-corrected chi connectivity index (χ3v) is 2.43. The lowest BCUT2D eigenvalue weighted by Crippen LogP contribution is -2.16. The van der Waals surface area contributed by atoms with Crippen LogP contribution in [0, 0.1) is 0 Å². The Morgan fingerprint density at radius 1 is 1.44 bits per heavy atom. The molecule has 1 heteroatoms. The predicted molar refractivity (Wildman–Crippen MR) is 40.7 cm³/mol. The minimum Gasteiger partial charge on any atom is -0.112 e. The van der Waals surface area contributed by atoms with Gasteiger partial charge in [0.25, 0.3) is 0 Å². The van der Waals surface area contributed by atoms with Gasteiger partial charge in [-0.2, -0.15) is 0 Å². The van der Waals surface area contributed by atoms with Gasteiger partial charge in [-0.25, -0.2) is 0 Å². The SMILES string of the molecule is [B]1C2=CCCC1CCC2. The Kier molecular flexibility index (Phi) is 1.37. The van der Waals surface area contributed by atoms with Crippen molar-refractivity contribution in [2.24, 2.45) is 0 Å². The Labute approximate surface area is 57.6 Å². The van der Waals surface area contributed by atoms with E-state index in [1.807, 2.05) is 0 Å². The van der Waals surface area contributed by atoms with Gasteiger partial charge in [0.15, 0.2) is 0 Å². The average molecular weight is 119 g/mol. The molecule has 9 heavy (non-hydrogen) atoms. The minimum atomic E-state index is 0.957. The maximum absolute atomic E-state index is 2.48. The van der Waals surface area contributed by atoms with E-state index in [1.54, 1.807) is 5.47 Å². The van der Waals surface area contributed by atoms with Crippen molar-refractivity contribution in [3.05, 3.63) is 11.5 Å². The molecule has 47 valence electrons. The van der Waals surface area contributed by atoms with Crippen LogP contribution in [-0.4, -0.2) is 7.28 Å². The molecule has 2 bridgehead atoms. The normalized spacial score (nSPS) is 32.9. The highest BCUT2D eigenvalue weighted by atomic mass is 14.1. The molecular formula is C8H12B. The van der Waals surface area contributed by atoms with Crippen molar-refractivity contribution in [1.29, 1.82) is 0 Å². The fourth-order valence-corrected chi connectivity index (χ4v) is 1.92. The smallest absolute Gasteiger partial charge is 0.112 e. The highest BCUT2D eigenvalue weighted by Crippen LogP contribution is 2.33. The Morgan fingerprint density at radius 2 is 2.44 bits per heavy atom. The standard InChI is InChI=1S/C8H12B/c1-3-7-5-2-6-8(4-1)9-7/h3,8H,1-2,4-6H2. The monoisotopic (exact) mass is 119 g/mol. The molecule has 0 spiro atoms. The maximum atomic E-state index is 2.48. The summed E-state index contributed by atoms with van der Waals surface area (Å²) in [5.41, 5.74) is 1.64. The number of fused-ring (bicyclic) bond motifs is 2. The van der Waals surface area contributed by atoms with Gasteiger partial charge in [0.05, 0.1) is 0 Å². The van der Waals surface area contributed by atoms with Crippen LogP contribution in [0.4, 0.5) is 0 Å².